The number of hydrogen-bond acceptors (Lipinski definition) is 12. The number of imide groups is 1. The van der Waals surface area contributed by atoms with Crippen LogP contribution in [0.2, 0.25) is 5.02 Å². The van der Waals surface area contributed by atoms with Crippen molar-refractivity contribution in [2.24, 2.45) is 11.8 Å². The van der Waals surface area contributed by atoms with E-state index < -0.39 is 0 Å². The molecule has 4 saturated heterocycles. The lowest BCUT2D eigenvalue weighted by Gasteiger charge is -2.35. The number of amides is 4. The molecule has 2 aromatic heterocycles. The van der Waals surface area contributed by atoms with Gasteiger partial charge >= 0.3 is 0 Å². The van der Waals surface area contributed by atoms with Crippen molar-refractivity contribution in [3.05, 3.63) is 81.6 Å². The Bertz CT molecular complexity index is 2120. The third kappa shape index (κ3) is 8.90. The van der Waals surface area contributed by atoms with Crippen LogP contribution in [-0.2, 0) is 14.4 Å². The quantitative estimate of drug-likeness (QED) is 0.171. The molecule has 4 amide bonds. The molecule has 1 unspecified atom stereocenters. The van der Waals surface area contributed by atoms with Gasteiger partial charge in [0.1, 0.15) is 22.3 Å². The number of piperazine rings is 1. The number of aromatic nitrogens is 3. The third-order valence-corrected chi connectivity index (χ3v) is 12.8. The zero-order chi connectivity index (χ0) is 39.6. The number of fused-ring (bicyclic) bond motifs is 1. The minimum atomic E-state index is -0.279. The zero-order valence-electron chi connectivity index (χ0n) is 32.2. The lowest BCUT2D eigenvalue weighted by molar-refractivity contribution is -0.134. The molecule has 3 N–H and O–H groups in total. The highest BCUT2D eigenvalue weighted by molar-refractivity contribution is 7.17. The summed E-state index contributed by atoms with van der Waals surface area (Å²) in [5.41, 5.74) is 3.56. The van der Waals surface area contributed by atoms with E-state index >= 15 is 0 Å². The van der Waals surface area contributed by atoms with Gasteiger partial charge in [-0.05, 0) is 62.6 Å². The van der Waals surface area contributed by atoms with E-state index in [0.717, 1.165) is 88.0 Å². The SMILES string of the molecule is Cc1nc(Nc2ncc(C(=O)Nc3c(C)cccc3Cl)s2)cc(N2CCN(CCCC(=O)N3C[C@@H]4CN(c5ccc(C6CCC(=O)NC6=O)cc5)C[C@@H]4C3)CC2)n1. The van der Waals surface area contributed by atoms with Crippen molar-refractivity contribution in [2.45, 2.75) is 45.4 Å². The van der Waals surface area contributed by atoms with Crippen molar-refractivity contribution in [2.75, 3.05) is 79.3 Å². The van der Waals surface area contributed by atoms with E-state index in [1.807, 2.05) is 44.2 Å². The van der Waals surface area contributed by atoms with Crippen LogP contribution in [0.15, 0.2) is 54.7 Å². The maximum absolute atomic E-state index is 13.3. The first-order valence-corrected chi connectivity index (χ1v) is 20.8. The molecule has 8 rings (SSSR count). The van der Waals surface area contributed by atoms with Crippen molar-refractivity contribution >= 4 is 74.7 Å². The van der Waals surface area contributed by atoms with Crippen LogP contribution in [0.1, 0.15) is 58.2 Å². The van der Waals surface area contributed by atoms with Gasteiger partial charge in [0.2, 0.25) is 17.7 Å². The number of thiazole rings is 1. The Balaban J connectivity index is 0.755. The second-order valence-electron chi connectivity index (χ2n) is 15.5. The number of nitrogens with zero attached hydrogens (tertiary/aromatic N) is 7. The zero-order valence-corrected chi connectivity index (χ0v) is 33.7. The number of carbonyl (C=O) groups is 4. The van der Waals surface area contributed by atoms with Crippen molar-refractivity contribution < 1.29 is 19.2 Å². The van der Waals surface area contributed by atoms with E-state index in [0.29, 0.717) is 63.5 Å². The van der Waals surface area contributed by atoms with Crippen LogP contribution < -0.4 is 25.8 Å². The Morgan fingerprint density at radius 3 is 2.42 bits per heavy atom. The van der Waals surface area contributed by atoms with Crippen molar-refractivity contribution in [3.8, 4) is 0 Å². The summed E-state index contributed by atoms with van der Waals surface area (Å²) < 4.78 is 0. The van der Waals surface area contributed by atoms with Crippen molar-refractivity contribution in [1.82, 2.24) is 30.1 Å². The van der Waals surface area contributed by atoms with E-state index in [1.54, 1.807) is 6.07 Å². The average Bonchev–Trinajstić information content (AvgIpc) is 3.93. The number of carbonyl (C=O) groups excluding carboxylic acids is 4. The number of likely N-dealkylation sites (tertiary alicyclic amines) is 1. The molecule has 0 spiro atoms. The Morgan fingerprint density at radius 1 is 0.947 bits per heavy atom. The molecule has 57 heavy (non-hydrogen) atoms. The number of para-hydroxylation sites is 1. The van der Waals surface area contributed by atoms with E-state index in [9.17, 15) is 19.2 Å². The summed E-state index contributed by atoms with van der Waals surface area (Å²) in [5, 5.41) is 9.62. The Hall–Kier alpha value is -5.12. The number of rotatable bonds is 11. The van der Waals surface area contributed by atoms with Gasteiger partial charge in [-0.25, -0.2) is 15.0 Å². The molecular formula is C41H47ClN10O4S. The van der Waals surface area contributed by atoms with Gasteiger partial charge in [0.05, 0.1) is 22.8 Å². The molecule has 6 heterocycles. The van der Waals surface area contributed by atoms with Crippen LogP contribution in [0.5, 0.6) is 0 Å². The first-order chi connectivity index (χ1) is 27.6. The van der Waals surface area contributed by atoms with Gasteiger partial charge in [-0.15, -0.1) is 0 Å². The predicted octanol–water partition coefficient (Wildman–Crippen LogP) is 5.22. The monoisotopic (exact) mass is 810 g/mol. The number of anilines is 5. The molecule has 0 radical (unpaired) electrons. The fourth-order valence-electron chi connectivity index (χ4n) is 8.44. The van der Waals surface area contributed by atoms with Gasteiger partial charge in [-0.3, -0.25) is 29.4 Å². The standard InChI is InChI=1S/C41H47ClN10O4S/c1-25-5-3-6-32(42)38(25)48-40(56)33-20-43-41(57-33)46-34-19-35(45-26(2)44-34)50-17-15-49(16-18-50)14-4-7-37(54)52-23-28-21-51(22-29(28)24-52)30-10-8-27(9-11-30)31-12-13-36(53)47-39(31)55/h3,5-6,8-11,19-20,28-29,31H,4,7,12-18,21-24H2,1-2H3,(H,48,56)(H,47,53,55)(H,43,44,45,46)/t28-,29+,31?. The number of hydrogen-bond donors (Lipinski definition) is 3. The molecule has 0 aliphatic carbocycles. The highest BCUT2D eigenvalue weighted by Gasteiger charge is 2.41. The summed E-state index contributed by atoms with van der Waals surface area (Å²) in [6.07, 6.45) is 3.86. The van der Waals surface area contributed by atoms with Gasteiger partial charge in [-0.1, -0.05) is 47.2 Å². The predicted molar refractivity (Wildman–Crippen MR) is 222 cm³/mol. The summed E-state index contributed by atoms with van der Waals surface area (Å²) in [6, 6.07) is 15.6. The lowest BCUT2D eigenvalue weighted by Crippen LogP contribution is -2.47. The summed E-state index contributed by atoms with van der Waals surface area (Å²) in [5.74, 6) is 2.32. The molecule has 16 heteroatoms. The highest BCUT2D eigenvalue weighted by atomic mass is 35.5. The van der Waals surface area contributed by atoms with E-state index in [4.69, 9.17) is 16.6 Å². The van der Waals surface area contributed by atoms with Gasteiger partial charge < -0.3 is 25.3 Å². The first kappa shape index (κ1) is 38.7. The normalized spacial score (nSPS) is 21.1. The second-order valence-corrected chi connectivity index (χ2v) is 16.9. The van der Waals surface area contributed by atoms with Crippen LogP contribution in [0.3, 0.4) is 0 Å². The smallest absolute Gasteiger partial charge is 0.267 e. The van der Waals surface area contributed by atoms with Crippen molar-refractivity contribution in [3.63, 3.8) is 0 Å². The van der Waals surface area contributed by atoms with E-state index in [1.165, 1.54) is 17.5 Å². The van der Waals surface area contributed by atoms with Crippen LogP contribution in [-0.4, -0.2) is 107 Å². The molecule has 2 aromatic carbocycles. The van der Waals surface area contributed by atoms with Gasteiger partial charge in [0.25, 0.3) is 5.91 Å². The molecular weight excluding hydrogens is 764 g/mol. The Morgan fingerprint density at radius 2 is 1.70 bits per heavy atom. The second kappa shape index (κ2) is 16.8. The molecule has 4 aliphatic heterocycles. The molecule has 4 fully saturated rings. The Kier molecular flexibility index (Phi) is 11.4. The largest absolute Gasteiger partial charge is 0.371 e. The van der Waals surface area contributed by atoms with E-state index in [2.05, 4.69) is 57.7 Å². The maximum atomic E-state index is 13.3. The topological polar surface area (TPSA) is 156 Å². The molecule has 0 saturated carbocycles. The third-order valence-electron chi connectivity index (χ3n) is 11.5. The minimum absolute atomic E-state index is 0.196. The number of piperidine rings is 1. The average molecular weight is 811 g/mol. The number of nitrogens with one attached hydrogen (secondary N) is 3. The van der Waals surface area contributed by atoms with Crippen LogP contribution in [0.4, 0.5) is 28.1 Å². The summed E-state index contributed by atoms with van der Waals surface area (Å²) in [4.78, 5) is 73.3. The van der Waals surface area contributed by atoms with Gasteiger partial charge in [0, 0.05) is 88.8 Å². The van der Waals surface area contributed by atoms with Crippen LogP contribution >= 0.6 is 22.9 Å². The molecule has 4 aliphatic rings. The molecule has 4 aromatic rings. The van der Waals surface area contributed by atoms with Gasteiger partial charge in [-0.2, -0.15) is 0 Å². The lowest BCUT2D eigenvalue weighted by atomic mass is 9.90. The summed E-state index contributed by atoms with van der Waals surface area (Å²) >= 11 is 7.53. The molecule has 0 bridgehead atoms. The van der Waals surface area contributed by atoms with Gasteiger partial charge in [0.15, 0.2) is 5.13 Å². The summed E-state index contributed by atoms with van der Waals surface area (Å²) in [6.45, 7) is 11.5. The molecule has 298 valence electrons. The molecule has 3 atom stereocenters. The van der Waals surface area contributed by atoms with Crippen LogP contribution in [0.25, 0.3) is 0 Å². The fraction of sp³-hybridized carbons (Fsp3) is 0.439. The highest BCUT2D eigenvalue weighted by Crippen LogP contribution is 2.36. The minimum Gasteiger partial charge on any atom is -0.371 e. The van der Waals surface area contributed by atoms with E-state index in [-0.39, 0.29) is 29.5 Å². The number of halogens is 1. The fourth-order valence-corrected chi connectivity index (χ4v) is 9.43. The van der Waals surface area contributed by atoms with Crippen molar-refractivity contribution in [1.29, 1.82) is 0 Å². The van der Waals surface area contributed by atoms with Crippen LogP contribution in [0, 0.1) is 25.7 Å². The first-order valence-electron chi connectivity index (χ1n) is 19.6. The molecule has 14 nitrogen and oxygen atoms in total. The summed E-state index contributed by atoms with van der Waals surface area (Å²) in [7, 11) is 0. The Labute approximate surface area is 341 Å². The number of benzene rings is 2. The number of aryl methyl sites for hydroxylation is 2. The maximum Gasteiger partial charge on any atom is 0.267 e.